The van der Waals surface area contributed by atoms with Gasteiger partial charge in [-0.25, -0.2) is 0 Å². The molecule has 2 nitrogen and oxygen atoms in total. The van der Waals surface area contributed by atoms with Gasteiger partial charge in [-0.15, -0.1) is 11.5 Å². The van der Waals surface area contributed by atoms with Crippen molar-refractivity contribution >= 4 is 22.6 Å². The standard InChI is InChI=1S/C37H35BN2/c1-24-20-26(3)34(27(4)21-24)38-36(6)23-25(2)22-28(5)37(36,38)33-30-16-10-11-17-31(30)40(29-14-8-7-9-15-29)35(33)32-18-12-13-19-39(32)38/h7-23H,1-6H3/t36-,37-,38+/m0/s1. The second kappa shape index (κ2) is 7.54. The fourth-order valence-electron chi connectivity index (χ4n) is 10.2. The Morgan fingerprint density at radius 2 is 1.45 bits per heavy atom. The molecule has 0 N–H and O–H groups in total. The smallest absolute Gasteiger partial charge is 0.325 e. The molecule has 0 radical (unpaired) electrons. The molecule has 0 amide bonds. The molecule has 196 valence electrons. The Kier molecular flexibility index (Phi) is 4.48. The first-order chi connectivity index (χ1) is 19.3. The summed E-state index contributed by atoms with van der Waals surface area (Å²) in [5, 5.41) is 1.12. The first-order valence-electron chi connectivity index (χ1n) is 14.6. The Morgan fingerprint density at radius 3 is 2.20 bits per heavy atom. The van der Waals surface area contributed by atoms with E-state index < -0.39 is 6.28 Å². The number of fused-ring (bicyclic) bond motifs is 7. The van der Waals surface area contributed by atoms with Crippen LogP contribution in [0.2, 0.25) is 5.31 Å². The van der Waals surface area contributed by atoms with Crippen molar-refractivity contribution in [3.63, 3.8) is 0 Å². The number of allylic oxidation sites excluding steroid dienone is 4. The maximum atomic E-state index is 2.72. The molecule has 3 aliphatic rings. The van der Waals surface area contributed by atoms with Crippen molar-refractivity contribution in [1.82, 2.24) is 4.57 Å². The minimum absolute atomic E-state index is 0.0850. The number of aryl methyl sites for hydroxylation is 3. The van der Waals surface area contributed by atoms with E-state index in [2.05, 4.69) is 154 Å². The highest BCUT2D eigenvalue weighted by Crippen LogP contribution is 2.82. The molecular weight excluding hydrogens is 483 g/mol. The topological polar surface area (TPSA) is 8.81 Å². The number of pyridine rings is 1. The van der Waals surface area contributed by atoms with Gasteiger partial charge >= 0.3 is 6.28 Å². The van der Waals surface area contributed by atoms with Crippen LogP contribution >= 0.6 is 0 Å². The van der Waals surface area contributed by atoms with Gasteiger partial charge in [0.1, 0.15) is 11.9 Å². The maximum Gasteiger partial charge on any atom is 0.325 e. The number of benzene rings is 3. The fourth-order valence-corrected chi connectivity index (χ4v) is 10.2. The molecule has 2 aliphatic heterocycles. The molecule has 3 heteroatoms. The number of hydrogen-bond donors (Lipinski definition) is 0. The van der Waals surface area contributed by atoms with E-state index in [-0.39, 0.29) is 10.6 Å². The van der Waals surface area contributed by atoms with Crippen LogP contribution in [0.4, 0.5) is 0 Å². The van der Waals surface area contributed by atoms with Crippen molar-refractivity contribution in [1.29, 1.82) is 0 Å². The number of hydrogen-bond acceptors (Lipinski definition) is 0. The minimum Gasteiger partial charge on any atom is -0.413 e. The molecule has 1 fully saturated rings. The van der Waals surface area contributed by atoms with E-state index in [1.54, 1.807) is 0 Å². The van der Waals surface area contributed by atoms with Crippen molar-refractivity contribution in [2.45, 2.75) is 52.2 Å². The number of aromatic nitrogens is 2. The fraction of sp³-hybridized carbons (Fsp3) is 0.216. The van der Waals surface area contributed by atoms with Crippen molar-refractivity contribution < 1.29 is 4.48 Å². The van der Waals surface area contributed by atoms with E-state index in [9.17, 15) is 0 Å². The van der Waals surface area contributed by atoms with Crippen LogP contribution in [0.25, 0.3) is 28.0 Å². The van der Waals surface area contributed by atoms with Crippen LogP contribution < -0.4 is 9.94 Å². The van der Waals surface area contributed by atoms with E-state index in [0.717, 1.165) is 0 Å². The molecule has 2 aromatic heterocycles. The van der Waals surface area contributed by atoms with Gasteiger partial charge in [-0.05, 0) is 69.8 Å². The summed E-state index contributed by atoms with van der Waals surface area (Å²) in [6.07, 6.45) is 6.18. The van der Waals surface area contributed by atoms with Gasteiger partial charge in [-0.2, -0.15) is 0 Å². The largest absolute Gasteiger partial charge is 0.413 e. The van der Waals surface area contributed by atoms with E-state index >= 15 is 0 Å². The van der Waals surface area contributed by atoms with Crippen molar-refractivity contribution in [3.05, 3.63) is 137 Å². The van der Waals surface area contributed by atoms with E-state index in [1.807, 2.05) is 0 Å². The van der Waals surface area contributed by atoms with Gasteiger partial charge in [0.05, 0.1) is 5.52 Å². The molecule has 4 heterocycles. The molecule has 0 bridgehead atoms. The van der Waals surface area contributed by atoms with Crippen LogP contribution in [0.3, 0.4) is 0 Å². The molecule has 3 aromatic carbocycles. The van der Waals surface area contributed by atoms with Crippen LogP contribution in [-0.2, 0) is 5.31 Å². The normalized spacial score (nSPS) is 25.9. The highest BCUT2D eigenvalue weighted by Gasteiger charge is 2.89. The lowest BCUT2D eigenvalue weighted by atomic mass is 9.34. The highest BCUT2D eigenvalue weighted by atomic mass is 15.1. The Balaban J connectivity index is 1.65. The first kappa shape index (κ1) is 23.8. The Hall–Kier alpha value is -4.11. The van der Waals surface area contributed by atoms with Gasteiger partial charge in [-0.1, -0.05) is 101 Å². The Labute approximate surface area is 237 Å². The number of para-hydroxylation sites is 2. The van der Waals surface area contributed by atoms with Crippen LogP contribution in [0, 0.1) is 20.8 Å². The molecule has 1 aliphatic carbocycles. The molecule has 0 saturated carbocycles. The van der Waals surface area contributed by atoms with E-state index in [1.165, 1.54) is 66.8 Å². The summed E-state index contributed by atoms with van der Waals surface area (Å²) in [4.78, 5) is 0. The predicted octanol–water partition coefficient (Wildman–Crippen LogP) is 7.68. The van der Waals surface area contributed by atoms with Gasteiger partial charge in [0, 0.05) is 17.1 Å². The molecule has 3 atom stereocenters. The maximum absolute atomic E-state index is 2.72. The molecular formula is C37H35BN2. The summed E-state index contributed by atoms with van der Waals surface area (Å²) < 4.78 is 5.25. The Bertz CT molecular complexity index is 1950. The van der Waals surface area contributed by atoms with Gasteiger partial charge in [0.25, 0.3) is 0 Å². The van der Waals surface area contributed by atoms with Crippen LogP contribution in [0.5, 0.6) is 0 Å². The first-order valence-corrected chi connectivity index (χ1v) is 14.6. The SMILES string of the molecule is CC1=C[C@]2(C)[B@@-]3(c4c(C)cc(C)cc4C)[n+]4ccccc4-c4c(c5ccccc5n4-c4ccccc4)[C@]32C(C)=C1. The quantitative estimate of drug-likeness (QED) is 0.212. The number of rotatable bonds is 2. The summed E-state index contributed by atoms with van der Waals surface area (Å²) >= 11 is 0. The zero-order valence-electron chi connectivity index (χ0n) is 24.3. The third-order valence-electron chi connectivity index (χ3n) is 10.8. The van der Waals surface area contributed by atoms with Crippen LogP contribution in [0.15, 0.2) is 114 Å². The molecule has 0 unspecified atom stereocenters. The van der Waals surface area contributed by atoms with Gasteiger partial charge in [0.15, 0.2) is 5.69 Å². The average molecular weight is 519 g/mol. The molecule has 1 spiro atoms. The highest BCUT2D eigenvalue weighted by molar-refractivity contribution is 7.02. The third kappa shape index (κ3) is 2.39. The lowest BCUT2D eigenvalue weighted by Gasteiger charge is -2.38. The van der Waals surface area contributed by atoms with Crippen LogP contribution in [-0.4, -0.2) is 10.8 Å². The Morgan fingerprint density at radius 1 is 0.775 bits per heavy atom. The third-order valence-corrected chi connectivity index (χ3v) is 10.8. The minimum atomic E-state index is -1.29. The zero-order chi connectivity index (χ0) is 27.6. The summed E-state index contributed by atoms with van der Waals surface area (Å²) in [6, 6.07) is 31.6. The lowest BCUT2D eigenvalue weighted by molar-refractivity contribution is -0.530. The number of nitrogens with zero attached hydrogens (tertiary/aromatic N) is 2. The van der Waals surface area contributed by atoms with Crippen molar-refractivity contribution in [3.8, 4) is 17.1 Å². The predicted molar refractivity (Wildman–Crippen MR) is 168 cm³/mol. The molecule has 40 heavy (non-hydrogen) atoms. The molecule has 1 saturated heterocycles. The van der Waals surface area contributed by atoms with Crippen molar-refractivity contribution in [2.75, 3.05) is 0 Å². The second-order valence-corrected chi connectivity index (χ2v) is 12.8. The summed E-state index contributed by atoms with van der Waals surface area (Å²) in [5.74, 6) is 0. The summed E-state index contributed by atoms with van der Waals surface area (Å²) in [7, 11) is 0. The van der Waals surface area contributed by atoms with Gasteiger partial charge in [0.2, 0.25) is 0 Å². The monoisotopic (exact) mass is 518 g/mol. The van der Waals surface area contributed by atoms with E-state index in [4.69, 9.17) is 0 Å². The summed E-state index contributed by atoms with van der Waals surface area (Å²) in [5.41, 5.74) is 15.2. The van der Waals surface area contributed by atoms with Crippen molar-refractivity contribution in [2.24, 2.45) is 0 Å². The second-order valence-electron chi connectivity index (χ2n) is 12.8. The molecule has 8 rings (SSSR count). The average Bonchev–Trinajstić information content (AvgIpc) is 3.24. The zero-order valence-corrected chi connectivity index (χ0v) is 24.3. The van der Waals surface area contributed by atoms with Crippen LogP contribution in [0.1, 0.15) is 43.0 Å². The molecule has 5 aromatic rings. The van der Waals surface area contributed by atoms with E-state index in [0.29, 0.717) is 0 Å². The lowest BCUT2D eigenvalue weighted by Crippen LogP contribution is -2.71. The summed E-state index contributed by atoms with van der Waals surface area (Å²) in [6.45, 7) is 14.2. The van der Waals surface area contributed by atoms with Gasteiger partial charge < -0.3 is 9.05 Å². The van der Waals surface area contributed by atoms with Gasteiger partial charge in [-0.3, -0.25) is 0 Å².